The van der Waals surface area contributed by atoms with Crippen LogP contribution in [-0.4, -0.2) is 38.0 Å². The smallest absolute Gasteiger partial charge is 0.382 e. The Morgan fingerprint density at radius 2 is 1.71 bits per heavy atom. The Kier molecular flexibility index (Phi) is 7.97. The standard InChI is InChI=1S/C24H25F5N4O/c1-33(14-22(25)26)20-10-3-15(4-11-20)23(34)32-18-8-6-17(7-9-18)31-19-5-2-16(13-30)21(12-19)24(27,28)29/h2-5,10-12,17-18,22,31H,6-9,14H2,1H3,(H,32,34)/t17-,18+. The quantitative estimate of drug-likeness (QED) is 0.519. The SMILES string of the molecule is CN(CC(F)F)c1ccc(C(=O)N[C@H]2CC[C@@H](Nc3ccc(C#N)c(C(F)(F)F)c3)CC2)cc1. The van der Waals surface area contributed by atoms with Gasteiger partial charge in [-0.05, 0) is 68.1 Å². The maximum atomic E-state index is 13.2. The molecule has 2 aromatic carbocycles. The Hall–Kier alpha value is -3.35. The number of hydrogen-bond acceptors (Lipinski definition) is 4. The summed E-state index contributed by atoms with van der Waals surface area (Å²) in [6.45, 7) is -0.400. The molecule has 5 nitrogen and oxygen atoms in total. The molecule has 0 aliphatic heterocycles. The zero-order valence-corrected chi connectivity index (χ0v) is 18.5. The zero-order chi connectivity index (χ0) is 24.9. The summed E-state index contributed by atoms with van der Waals surface area (Å²) in [5, 5.41) is 15.0. The number of amides is 1. The number of carbonyl (C=O) groups is 1. The van der Waals surface area contributed by atoms with Crippen molar-refractivity contribution in [2.24, 2.45) is 0 Å². The van der Waals surface area contributed by atoms with Gasteiger partial charge in [0.2, 0.25) is 0 Å². The van der Waals surface area contributed by atoms with Gasteiger partial charge in [0.05, 0.1) is 23.7 Å². The molecule has 0 spiro atoms. The number of nitriles is 1. The van der Waals surface area contributed by atoms with Crippen LogP contribution in [0.4, 0.5) is 33.3 Å². The molecule has 0 heterocycles. The van der Waals surface area contributed by atoms with Crippen LogP contribution in [0.1, 0.15) is 47.2 Å². The van der Waals surface area contributed by atoms with Gasteiger partial charge in [0.25, 0.3) is 12.3 Å². The highest BCUT2D eigenvalue weighted by atomic mass is 19.4. The van der Waals surface area contributed by atoms with Crippen molar-refractivity contribution in [3.05, 3.63) is 59.2 Å². The topological polar surface area (TPSA) is 68.2 Å². The summed E-state index contributed by atoms with van der Waals surface area (Å²) in [5.74, 6) is -0.263. The second-order valence-electron chi connectivity index (χ2n) is 8.35. The van der Waals surface area contributed by atoms with Gasteiger partial charge in [-0.2, -0.15) is 18.4 Å². The lowest BCUT2D eigenvalue weighted by molar-refractivity contribution is -0.137. The van der Waals surface area contributed by atoms with Crippen LogP contribution in [0.2, 0.25) is 0 Å². The highest BCUT2D eigenvalue weighted by Crippen LogP contribution is 2.34. The third-order valence-electron chi connectivity index (χ3n) is 5.86. The first-order valence-electron chi connectivity index (χ1n) is 10.8. The minimum absolute atomic E-state index is 0.0492. The zero-order valence-electron chi connectivity index (χ0n) is 18.5. The molecule has 182 valence electrons. The van der Waals surface area contributed by atoms with Gasteiger partial charge in [-0.3, -0.25) is 4.79 Å². The minimum atomic E-state index is -4.61. The predicted molar refractivity (Wildman–Crippen MR) is 119 cm³/mol. The fourth-order valence-electron chi connectivity index (χ4n) is 4.03. The van der Waals surface area contributed by atoms with Gasteiger partial charge in [-0.1, -0.05) is 0 Å². The lowest BCUT2D eigenvalue weighted by atomic mass is 9.90. The van der Waals surface area contributed by atoms with Gasteiger partial charge in [0.1, 0.15) is 0 Å². The third kappa shape index (κ3) is 6.59. The molecule has 1 fully saturated rings. The van der Waals surface area contributed by atoms with Gasteiger partial charge in [0.15, 0.2) is 0 Å². The number of rotatable bonds is 7. The van der Waals surface area contributed by atoms with E-state index in [2.05, 4.69) is 10.6 Å². The van der Waals surface area contributed by atoms with E-state index in [1.54, 1.807) is 37.4 Å². The molecule has 0 atom stereocenters. The highest BCUT2D eigenvalue weighted by Gasteiger charge is 2.34. The van der Waals surface area contributed by atoms with Crippen molar-refractivity contribution in [1.29, 1.82) is 5.26 Å². The van der Waals surface area contributed by atoms with Crippen LogP contribution in [-0.2, 0) is 6.18 Å². The Labute approximate surface area is 194 Å². The summed E-state index contributed by atoms with van der Waals surface area (Å²) < 4.78 is 64.5. The fourth-order valence-corrected chi connectivity index (χ4v) is 4.03. The van der Waals surface area contributed by atoms with Gasteiger partial charge in [-0.25, -0.2) is 8.78 Å². The Bertz CT molecular complexity index is 1030. The first-order chi connectivity index (χ1) is 16.1. The van der Waals surface area contributed by atoms with Crippen LogP contribution >= 0.6 is 0 Å². The van der Waals surface area contributed by atoms with Gasteiger partial charge >= 0.3 is 6.18 Å². The van der Waals surface area contributed by atoms with Crippen LogP contribution in [0, 0.1) is 11.3 Å². The molecule has 0 unspecified atom stereocenters. The van der Waals surface area contributed by atoms with Crippen LogP contribution in [0.5, 0.6) is 0 Å². The van der Waals surface area contributed by atoms with Crippen molar-refractivity contribution in [1.82, 2.24) is 5.32 Å². The molecular weight excluding hydrogens is 455 g/mol. The van der Waals surface area contributed by atoms with Crippen molar-refractivity contribution >= 4 is 17.3 Å². The Morgan fingerprint density at radius 3 is 2.26 bits per heavy atom. The molecule has 1 aliphatic carbocycles. The molecule has 34 heavy (non-hydrogen) atoms. The molecule has 1 amide bonds. The van der Waals surface area contributed by atoms with Crippen molar-refractivity contribution < 1.29 is 26.7 Å². The number of carbonyl (C=O) groups excluding carboxylic acids is 1. The van der Waals surface area contributed by atoms with E-state index >= 15 is 0 Å². The number of anilines is 2. The van der Waals surface area contributed by atoms with E-state index in [4.69, 9.17) is 5.26 Å². The van der Waals surface area contributed by atoms with Crippen LogP contribution in [0.25, 0.3) is 0 Å². The lowest BCUT2D eigenvalue weighted by Gasteiger charge is -2.30. The van der Waals surface area contributed by atoms with Gasteiger partial charge in [-0.15, -0.1) is 0 Å². The van der Waals surface area contributed by atoms with Crippen molar-refractivity contribution in [3.8, 4) is 6.07 Å². The minimum Gasteiger partial charge on any atom is -0.382 e. The number of nitrogens with zero attached hydrogens (tertiary/aromatic N) is 2. The molecular formula is C24H25F5N4O. The summed E-state index contributed by atoms with van der Waals surface area (Å²) in [4.78, 5) is 14.0. The van der Waals surface area contributed by atoms with Crippen LogP contribution < -0.4 is 15.5 Å². The number of nitrogens with one attached hydrogen (secondary N) is 2. The molecule has 10 heteroatoms. The summed E-state index contributed by atoms with van der Waals surface area (Å²) >= 11 is 0. The molecule has 0 saturated heterocycles. The van der Waals surface area contributed by atoms with Crippen LogP contribution in [0.15, 0.2) is 42.5 Å². The monoisotopic (exact) mass is 480 g/mol. The van der Waals surface area contributed by atoms with E-state index in [9.17, 15) is 26.7 Å². The van der Waals surface area contributed by atoms with Gasteiger partial charge in [0, 0.05) is 36.1 Å². The third-order valence-corrected chi connectivity index (χ3v) is 5.86. The highest BCUT2D eigenvalue weighted by molar-refractivity contribution is 5.94. The molecule has 1 aliphatic rings. The second-order valence-corrected chi connectivity index (χ2v) is 8.35. The number of benzene rings is 2. The molecule has 2 N–H and O–H groups in total. The van der Waals surface area contributed by atoms with E-state index in [0.29, 0.717) is 42.6 Å². The number of halogens is 5. The average Bonchev–Trinajstić information content (AvgIpc) is 2.79. The average molecular weight is 480 g/mol. The van der Waals surface area contributed by atoms with E-state index in [1.165, 1.54) is 11.0 Å². The maximum absolute atomic E-state index is 13.2. The molecule has 3 rings (SSSR count). The molecule has 0 bridgehead atoms. The Morgan fingerprint density at radius 1 is 1.09 bits per heavy atom. The normalized spacial score (nSPS) is 18.3. The maximum Gasteiger partial charge on any atom is 0.417 e. The predicted octanol–water partition coefficient (Wildman–Crippen LogP) is 5.43. The van der Waals surface area contributed by atoms with Crippen molar-refractivity contribution in [2.75, 3.05) is 23.8 Å². The Balaban J connectivity index is 1.52. The number of alkyl halides is 5. The molecule has 0 aromatic heterocycles. The molecule has 0 radical (unpaired) electrons. The second kappa shape index (κ2) is 10.7. The van der Waals surface area contributed by atoms with Crippen molar-refractivity contribution in [2.45, 2.75) is 50.4 Å². The lowest BCUT2D eigenvalue weighted by Crippen LogP contribution is -2.40. The van der Waals surface area contributed by atoms with E-state index in [0.717, 1.165) is 12.1 Å². The molecule has 1 saturated carbocycles. The van der Waals surface area contributed by atoms with E-state index in [1.807, 2.05) is 0 Å². The summed E-state index contributed by atoms with van der Waals surface area (Å²) in [7, 11) is 1.55. The summed E-state index contributed by atoms with van der Waals surface area (Å²) in [6, 6.07) is 11.4. The first kappa shape index (κ1) is 25.3. The van der Waals surface area contributed by atoms with Gasteiger partial charge < -0.3 is 15.5 Å². The number of hydrogen-bond donors (Lipinski definition) is 2. The van der Waals surface area contributed by atoms with Crippen LogP contribution in [0.3, 0.4) is 0 Å². The van der Waals surface area contributed by atoms with Crippen molar-refractivity contribution in [3.63, 3.8) is 0 Å². The summed E-state index contributed by atoms with van der Waals surface area (Å²) in [6.07, 6.45) is -4.45. The van der Waals surface area contributed by atoms with E-state index in [-0.39, 0.29) is 18.0 Å². The first-order valence-corrected chi connectivity index (χ1v) is 10.8. The van der Waals surface area contributed by atoms with E-state index < -0.39 is 30.3 Å². The summed E-state index contributed by atoms with van der Waals surface area (Å²) in [5.41, 5.74) is -0.0760. The largest absolute Gasteiger partial charge is 0.417 e. The fraction of sp³-hybridized carbons (Fsp3) is 0.417. The molecule has 2 aromatic rings.